The molecule has 2 rings (SSSR count). The number of hydrogen-bond acceptors (Lipinski definition) is 2. The van der Waals surface area contributed by atoms with Crippen molar-refractivity contribution in [3.63, 3.8) is 0 Å². The van der Waals surface area contributed by atoms with Gasteiger partial charge in [0.15, 0.2) is 0 Å². The molecule has 0 bridgehead atoms. The third-order valence-electron chi connectivity index (χ3n) is 3.68. The van der Waals surface area contributed by atoms with Crippen LogP contribution in [0.1, 0.15) is 38.5 Å². The number of para-hydroxylation sites is 1. The van der Waals surface area contributed by atoms with Crippen molar-refractivity contribution in [2.24, 2.45) is 5.73 Å². The number of rotatable bonds is 3. The van der Waals surface area contributed by atoms with Gasteiger partial charge in [-0.25, -0.2) is 4.39 Å². The Hall–Kier alpha value is -1.58. The minimum atomic E-state index is -0.793. The summed E-state index contributed by atoms with van der Waals surface area (Å²) in [6.07, 6.45) is 5.46. The number of nitrogens with two attached hydrogens (primary N) is 1. The van der Waals surface area contributed by atoms with E-state index in [1.54, 1.807) is 18.2 Å². The average Bonchev–Trinajstić information content (AvgIpc) is 2.59. The van der Waals surface area contributed by atoms with Crippen LogP contribution in [0, 0.1) is 5.82 Å². The van der Waals surface area contributed by atoms with Crippen molar-refractivity contribution in [3.8, 4) is 0 Å². The predicted octanol–water partition coefficient (Wildman–Crippen LogP) is 2.82. The van der Waals surface area contributed by atoms with Crippen LogP contribution in [0.5, 0.6) is 0 Å². The third kappa shape index (κ3) is 2.63. The molecule has 1 fully saturated rings. The van der Waals surface area contributed by atoms with Gasteiger partial charge in [-0.15, -0.1) is 0 Å². The van der Waals surface area contributed by atoms with Gasteiger partial charge in [0, 0.05) is 0 Å². The van der Waals surface area contributed by atoms with Gasteiger partial charge < -0.3 is 11.1 Å². The largest absolute Gasteiger partial charge is 0.369 e. The van der Waals surface area contributed by atoms with E-state index >= 15 is 0 Å². The summed E-state index contributed by atoms with van der Waals surface area (Å²) in [5.74, 6) is -0.727. The zero-order valence-electron chi connectivity index (χ0n) is 10.4. The Balaban J connectivity index is 2.25. The van der Waals surface area contributed by atoms with Crippen molar-refractivity contribution in [1.29, 1.82) is 0 Å². The molecule has 0 aromatic heterocycles. The molecule has 0 heterocycles. The molecule has 3 N–H and O–H groups in total. The van der Waals surface area contributed by atoms with Crippen molar-refractivity contribution < 1.29 is 9.18 Å². The second kappa shape index (κ2) is 5.38. The molecule has 0 saturated heterocycles. The van der Waals surface area contributed by atoms with Gasteiger partial charge in [-0.1, -0.05) is 37.8 Å². The summed E-state index contributed by atoms with van der Waals surface area (Å²) in [4.78, 5) is 11.8. The Kier molecular flexibility index (Phi) is 3.84. The van der Waals surface area contributed by atoms with E-state index in [9.17, 15) is 9.18 Å². The molecule has 3 nitrogen and oxygen atoms in total. The van der Waals surface area contributed by atoms with Gasteiger partial charge in [-0.2, -0.15) is 0 Å². The zero-order valence-corrected chi connectivity index (χ0v) is 10.4. The van der Waals surface area contributed by atoms with Crippen LogP contribution < -0.4 is 11.1 Å². The van der Waals surface area contributed by atoms with E-state index < -0.39 is 5.54 Å². The summed E-state index contributed by atoms with van der Waals surface area (Å²) in [7, 11) is 0. The maximum atomic E-state index is 13.7. The molecule has 4 heteroatoms. The van der Waals surface area contributed by atoms with Gasteiger partial charge in [-0.05, 0) is 25.0 Å². The standard InChI is InChI=1S/C14H19FN2O/c15-11-7-3-4-8-12(11)17-14(13(16)18)9-5-1-2-6-10-14/h3-4,7-8,17H,1-2,5-6,9-10H2,(H2,16,18). The number of carbonyl (C=O) groups is 1. The highest BCUT2D eigenvalue weighted by molar-refractivity contribution is 5.88. The van der Waals surface area contributed by atoms with Crippen LogP contribution in [0.25, 0.3) is 0 Å². The van der Waals surface area contributed by atoms with Crippen molar-refractivity contribution in [2.45, 2.75) is 44.1 Å². The number of anilines is 1. The quantitative estimate of drug-likeness (QED) is 0.810. The molecule has 1 aromatic rings. The number of benzene rings is 1. The van der Waals surface area contributed by atoms with Crippen LogP contribution in [-0.4, -0.2) is 11.4 Å². The SMILES string of the molecule is NC(=O)C1(Nc2ccccc2F)CCCCCC1. The maximum Gasteiger partial charge on any atom is 0.243 e. The first kappa shape index (κ1) is 12.9. The number of hydrogen-bond donors (Lipinski definition) is 2. The van der Waals surface area contributed by atoms with Crippen LogP contribution in [-0.2, 0) is 4.79 Å². The molecule has 0 atom stereocenters. The van der Waals surface area contributed by atoms with Gasteiger partial charge in [0.1, 0.15) is 11.4 Å². The summed E-state index contributed by atoms with van der Waals surface area (Å²) in [6, 6.07) is 6.40. The van der Waals surface area contributed by atoms with Crippen LogP contribution in [0.15, 0.2) is 24.3 Å². The second-order valence-electron chi connectivity index (χ2n) is 4.97. The highest BCUT2D eigenvalue weighted by Crippen LogP contribution is 2.31. The highest BCUT2D eigenvalue weighted by Gasteiger charge is 2.37. The predicted molar refractivity (Wildman–Crippen MR) is 69.7 cm³/mol. The van der Waals surface area contributed by atoms with Gasteiger partial charge in [0.25, 0.3) is 0 Å². The molecule has 1 amide bonds. The van der Waals surface area contributed by atoms with Gasteiger partial charge >= 0.3 is 0 Å². The smallest absolute Gasteiger partial charge is 0.243 e. The van der Waals surface area contributed by atoms with Crippen molar-refractivity contribution >= 4 is 11.6 Å². The first-order valence-electron chi connectivity index (χ1n) is 6.47. The molecule has 0 radical (unpaired) electrons. The second-order valence-corrected chi connectivity index (χ2v) is 4.97. The van der Waals surface area contributed by atoms with E-state index in [-0.39, 0.29) is 11.7 Å². The van der Waals surface area contributed by atoms with E-state index in [1.807, 2.05) is 0 Å². The molecular formula is C14H19FN2O. The van der Waals surface area contributed by atoms with Crippen LogP contribution >= 0.6 is 0 Å². The first-order chi connectivity index (χ1) is 8.64. The van der Waals surface area contributed by atoms with E-state index in [4.69, 9.17) is 5.73 Å². The minimum Gasteiger partial charge on any atom is -0.369 e. The Morgan fingerprint density at radius 1 is 1.17 bits per heavy atom. The molecule has 1 aromatic carbocycles. The molecule has 1 aliphatic carbocycles. The fraction of sp³-hybridized carbons (Fsp3) is 0.500. The summed E-state index contributed by atoms with van der Waals surface area (Å²) >= 11 is 0. The number of primary amides is 1. The number of carbonyl (C=O) groups excluding carboxylic acids is 1. The van der Waals surface area contributed by atoms with Crippen LogP contribution in [0.2, 0.25) is 0 Å². The normalized spacial score (nSPS) is 18.9. The molecule has 98 valence electrons. The summed E-state index contributed by atoms with van der Waals surface area (Å²) in [5, 5.41) is 3.05. The van der Waals surface area contributed by atoms with Crippen molar-refractivity contribution in [3.05, 3.63) is 30.1 Å². The van der Waals surface area contributed by atoms with E-state index in [1.165, 1.54) is 6.07 Å². The van der Waals surface area contributed by atoms with E-state index in [0.29, 0.717) is 18.5 Å². The Morgan fingerprint density at radius 3 is 2.33 bits per heavy atom. The molecular weight excluding hydrogens is 231 g/mol. The molecule has 1 aliphatic rings. The number of amides is 1. The number of nitrogens with one attached hydrogen (secondary N) is 1. The highest BCUT2D eigenvalue weighted by atomic mass is 19.1. The lowest BCUT2D eigenvalue weighted by Gasteiger charge is -2.31. The third-order valence-corrected chi connectivity index (χ3v) is 3.68. The molecule has 18 heavy (non-hydrogen) atoms. The van der Waals surface area contributed by atoms with Gasteiger partial charge in [0.2, 0.25) is 5.91 Å². The average molecular weight is 250 g/mol. The Morgan fingerprint density at radius 2 is 1.78 bits per heavy atom. The monoisotopic (exact) mass is 250 g/mol. The number of halogens is 1. The van der Waals surface area contributed by atoms with Gasteiger partial charge in [-0.3, -0.25) is 4.79 Å². The summed E-state index contributed by atoms with van der Waals surface area (Å²) < 4.78 is 13.7. The maximum absolute atomic E-state index is 13.7. The molecule has 0 unspecified atom stereocenters. The van der Waals surface area contributed by atoms with E-state index in [2.05, 4.69) is 5.32 Å². The zero-order chi connectivity index (χ0) is 13.0. The van der Waals surface area contributed by atoms with Crippen molar-refractivity contribution in [1.82, 2.24) is 0 Å². The summed E-state index contributed by atoms with van der Waals surface area (Å²) in [5.41, 5.74) is 5.11. The topological polar surface area (TPSA) is 55.1 Å². The minimum absolute atomic E-state index is 0.345. The lowest BCUT2D eigenvalue weighted by Crippen LogP contribution is -2.50. The molecule has 0 spiro atoms. The fourth-order valence-electron chi connectivity index (χ4n) is 2.59. The molecule has 0 aliphatic heterocycles. The lowest BCUT2D eigenvalue weighted by molar-refractivity contribution is -0.122. The van der Waals surface area contributed by atoms with Crippen molar-refractivity contribution in [2.75, 3.05) is 5.32 Å². The fourth-order valence-corrected chi connectivity index (χ4v) is 2.59. The van der Waals surface area contributed by atoms with Crippen LogP contribution in [0.3, 0.4) is 0 Å². The summed E-state index contributed by atoms with van der Waals surface area (Å²) in [6.45, 7) is 0. The Bertz CT molecular complexity index is 426. The first-order valence-corrected chi connectivity index (χ1v) is 6.47. The van der Waals surface area contributed by atoms with Gasteiger partial charge in [0.05, 0.1) is 5.69 Å². The Labute approximate surface area is 107 Å². The van der Waals surface area contributed by atoms with E-state index in [0.717, 1.165) is 25.7 Å². The molecule has 1 saturated carbocycles. The lowest BCUT2D eigenvalue weighted by atomic mass is 9.89. The van der Waals surface area contributed by atoms with Crippen LogP contribution in [0.4, 0.5) is 10.1 Å².